The molecule has 2 aromatic rings. The third-order valence-corrected chi connectivity index (χ3v) is 8.39. The molecule has 2 amide bonds. The van der Waals surface area contributed by atoms with Crippen molar-refractivity contribution in [2.45, 2.75) is 23.5 Å². The molecule has 0 bridgehead atoms. The lowest BCUT2D eigenvalue weighted by Crippen LogP contribution is -2.71. The van der Waals surface area contributed by atoms with Gasteiger partial charge in [0.05, 0.1) is 5.01 Å². The van der Waals surface area contributed by atoms with Gasteiger partial charge in [-0.3, -0.25) is 33.9 Å². The van der Waals surface area contributed by atoms with Gasteiger partial charge in [0.2, 0.25) is 5.13 Å². The van der Waals surface area contributed by atoms with Gasteiger partial charge in [0.25, 0.3) is 11.8 Å². The van der Waals surface area contributed by atoms with Gasteiger partial charge < -0.3 is 15.3 Å². The zero-order valence-electron chi connectivity index (χ0n) is 19.3. The Kier molecular flexibility index (Phi) is 7.51. The van der Waals surface area contributed by atoms with E-state index in [-0.39, 0.29) is 28.1 Å². The molecule has 2 atom stereocenters. The number of fused-ring (bicyclic) bond motifs is 1. The number of thioether (sulfide) groups is 2. The minimum absolute atomic E-state index is 0.0710. The summed E-state index contributed by atoms with van der Waals surface area (Å²) in [5.41, 5.74) is -2.50. The molecule has 2 aromatic heterocycles. The van der Waals surface area contributed by atoms with Crippen LogP contribution in [-0.2, 0) is 26.3 Å². The monoisotopic (exact) mass is 571 g/mol. The number of nitrogens with zero attached hydrogens (tertiary/aromatic N) is 5. The van der Waals surface area contributed by atoms with Crippen LogP contribution in [0.15, 0.2) is 31.2 Å². The lowest BCUT2D eigenvalue weighted by molar-refractivity contribution is -0.150. The van der Waals surface area contributed by atoms with Gasteiger partial charge in [-0.1, -0.05) is 28.3 Å². The number of carboxylic acids is 1. The second-order valence-corrected chi connectivity index (χ2v) is 10.8. The summed E-state index contributed by atoms with van der Waals surface area (Å²) in [5, 5.41) is 17.2. The number of oxime groups is 1. The first kappa shape index (κ1) is 26.6. The van der Waals surface area contributed by atoms with E-state index in [1.807, 2.05) is 0 Å². The number of aliphatic carboxylic acids is 1. The summed E-state index contributed by atoms with van der Waals surface area (Å²) in [7, 11) is 2.64. The first-order valence-electron chi connectivity index (χ1n) is 10.3. The first-order valence-corrected chi connectivity index (χ1v) is 13.1. The van der Waals surface area contributed by atoms with Crippen molar-refractivity contribution in [2.24, 2.45) is 12.2 Å². The Morgan fingerprint density at radius 1 is 1.35 bits per heavy atom. The van der Waals surface area contributed by atoms with Gasteiger partial charge in [-0.2, -0.15) is 9.37 Å². The van der Waals surface area contributed by atoms with Gasteiger partial charge in [-0.15, -0.1) is 11.8 Å². The average Bonchev–Trinajstić information content (AvgIpc) is 3.18. The highest BCUT2D eigenvalue weighted by Gasteiger charge is 2.54. The lowest BCUT2D eigenvalue weighted by atomic mass is 10.0. The highest BCUT2D eigenvalue weighted by Crippen LogP contribution is 2.41. The van der Waals surface area contributed by atoms with E-state index in [9.17, 15) is 33.5 Å². The van der Waals surface area contributed by atoms with Gasteiger partial charge in [0.1, 0.15) is 29.9 Å². The summed E-state index contributed by atoms with van der Waals surface area (Å²) in [4.78, 5) is 74.1. The molecule has 2 aliphatic heterocycles. The molecule has 37 heavy (non-hydrogen) atoms. The average molecular weight is 572 g/mol. The smallest absolute Gasteiger partial charge is 0.352 e. The summed E-state index contributed by atoms with van der Waals surface area (Å²) in [5.74, 6) is -2.65. The standard InChI is InChI=1S/C19H18FN7O7S3/c1-6-21-8(12(20)37-6)9(25-34-3)13(28)22-10-16(31)27-11(18(32)33)7(4-35-17(10)27)5-36-19-23-14(29)15(30)24-26(19)2/h10,17H,4-5H2,1-3H3,(H,22,28)(H,24,30)(H,32,33)/b25-9-/t10-,17-/m1/s1. The number of carbonyl (C=O) groups is 3. The van der Waals surface area contributed by atoms with E-state index in [4.69, 9.17) is 0 Å². The number of H-pyrrole nitrogens is 1. The number of carbonyl (C=O) groups excluding carboxylic acids is 2. The number of amides is 2. The summed E-state index contributed by atoms with van der Waals surface area (Å²) >= 11 is 2.96. The Balaban J connectivity index is 1.52. The fourth-order valence-corrected chi connectivity index (χ4v) is 6.62. The van der Waals surface area contributed by atoms with Crippen LogP contribution in [0.5, 0.6) is 0 Å². The van der Waals surface area contributed by atoms with E-state index in [1.165, 1.54) is 30.6 Å². The van der Waals surface area contributed by atoms with Crippen molar-refractivity contribution in [1.29, 1.82) is 0 Å². The van der Waals surface area contributed by atoms with Crippen LogP contribution in [-0.4, -0.2) is 83.3 Å². The Hall–Kier alpha value is -3.51. The van der Waals surface area contributed by atoms with E-state index in [1.54, 1.807) is 6.92 Å². The number of hydrogen-bond donors (Lipinski definition) is 3. The largest absolute Gasteiger partial charge is 0.477 e. The molecule has 14 nitrogen and oxygen atoms in total. The Bertz CT molecular complexity index is 1480. The molecule has 0 spiro atoms. The van der Waals surface area contributed by atoms with Crippen LogP contribution < -0.4 is 16.4 Å². The fraction of sp³-hybridized carbons (Fsp3) is 0.368. The summed E-state index contributed by atoms with van der Waals surface area (Å²) in [6, 6.07) is -1.09. The number of β-lactam (4-membered cyclic amide) rings is 1. The third-order valence-electron chi connectivity index (χ3n) is 5.17. The molecule has 1 fully saturated rings. The van der Waals surface area contributed by atoms with Crippen molar-refractivity contribution < 1.29 is 28.7 Å². The first-order chi connectivity index (χ1) is 17.5. The zero-order valence-corrected chi connectivity index (χ0v) is 21.8. The maximum Gasteiger partial charge on any atom is 0.352 e. The molecule has 2 aliphatic rings. The molecule has 196 valence electrons. The Morgan fingerprint density at radius 3 is 2.70 bits per heavy atom. The second-order valence-electron chi connectivity index (χ2n) is 7.58. The maximum atomic E-state index is 14.2. The van der Waals surface area contributed by atoms with Crippen molar-refractivity contribution in [3.8, 4) is 0 Å². The van der Waals surface area contributed by atoms with Crippen LogP contribution in [0.1, 0.15) is 10.7 Å². The van der Waals surface area contributed by atoms with Crippen molar-refractivity contribution in [3.63, 3.8) is 0 Å². The molecule has 4 heterocycles. The zero-order chi connectivity index (χ0) is 27.0. The van der Waals surface area contributed by atoms with E-state index in [2.05, 4.69) is 30.4 Å². The number of aromatic nitrogens is 4. The third kappa shape index (κ3) is 5.03. The van der Waals surface area contributed by atoms with Crippen LogP contribution in [0.25, 0.3) is 0 Å². The number of thiazole rings is 1. The highest BCUT2D eigenvalue weighted by atomic mass is 32.2. The van der Waals surface area contributed by atoms with E-state index >= 15 is 0 Å². The molecule has 0 aromatic carbocycles. The second kappa shape index (κ2) is 10.5. The Labute approximate surface area is 219 Å². The summed E-state index contributed by atoms with van der Waals surface area (Å²) in [6.45, 7) is 1.55. The van der Waals surface area contributed by atoms with Crippen LogP contribution in [0.4, 0.5) is 4.39 Å². The number of halogens is 1. The molecule has 0 aliphatic carbocycles. The number of rotatable bonds is 8. The number of aryl methyl sites for hydroxylation is 2. The van der Waals surface area contributed by atoms with Crippen molar-refractivity contribution in [2.75, 3.05) is 18.6 Å². The number of carboxylic acid groups (broad SMARTS) is 1. The number of hydrogen-bond acceptors (Lipinski definition) is 12. The Morgan fingerprint density at radius 2 is 2.08 bits per heavy atom. The maximum absolute atomic E-state index is 14.2. The van der Waals surface area contributed by atoms with Gasteiger partial charge >= 0.3 is 17.1 Å². The lowest BCUT2D eigenvalue weighted by Gasteiger charge is -2.49. The van der Waals surface area contributed by atoms with E-state index in [0.29, 0.717) is 10.6 Å². The predicted molar refractivity (Wildman–Crippen MR) is 131 cm³/mol. The topological polar surface area (TPSA) is 189 Å². The predicted octanol–water partition coefficient (Wildman–Crippen LogP) is -0.746. The fourth-order valence-electron chi connectivity index (χ4n) is 3.58. The molecule has 0 radical (unpaired) electrons. The van der Waals surface area contributed by atoms with Crippen LogP contribution >= 0.6 is 34.9 Å². The van der Waals surface area contributed by atoms with Gasteiger partial charge in [0.15, 0.2) is 10.9 Å². The quantitative estimate of drug-likeness (QED) is 0.119. The number of nitrogens with one attached hydrogen (secondary N) is 2. The molecular weight excluding hydrogens is 553 g/mol. The molecule has 0 unspecified atom stereocenters. The van der Waals surface area contributed by atoms with Crippen molar-refractivity contribution in [3.05, 3.63) is 47.8 Å². The van der Waals surface area contributed by atoms with Crippen molar-refractivity contribution >= 4 is 58.4 Å². The van der Waals surface area contributed by atoms with Gasteiger partial charge in [0, 0.05) is 18.6 Å². The SMILES string of the molecule is CO/N=C(\C(=O)N[C@@H]1C(=O)N2C(C(=O)O)=C(CSc3nc(=O)c(=O)[nH]n3C)CS[C@H]12)c1nc(C)sc1F. The van der Waals surface area contributed by atoms with Crippen molar-refractivity contribution in [1.82, 2.24) is 30.0 Å². The summed E-state index contributed by atoms with van der Waals surface area (Å²) < 4.78 is 15.5. The molecule has 18 heteroatoms. The van der Waals surface area contributed by atoms with Gasteiger partial charge in [-0.25, -0.2) is 9.78 Å². The van der Waals surface area contributed by atoms with E-state index < -0.39 is 51.2 Å². The van der Waals surface area contributed by atoms with E-state index in [0.717, 1.165) is 28.0 Å². The number of aromatic amines is 1. The highest BCUT2D eigenvalue weighted by molar-refractivity contribution is 8.01. The minimum Gasteiger partial charge on any atom is -0.477 e. The minimum atomic E-state index is -1.34. The normalized spacial score (nSPS) is 19.4. The van der Waals surface area contributed by atoms with Crippen LogP contribution in [0, 0.1) is 12.1 Å². The molecule has 0 saturated carbocycles. The molecular formula is C19H18FN7O7S3. The molecule has 4 rings (SSSR count). The molecule has 3 N–H and O–H groups in total. The summed E-state index contributed by atoms with van der Waals surface area (Å²) in [6.07, 6.45) is 0. The molecule has 1 saturated heterocycles. The van der Waals surface area contributed by atoms with Gasteiger partial charge in [-0.05, 0) is 12.5 Å². The van der Waals surface area contributed by atoms with Crippen LogP contribution in [0.2, 0.25) is 0 Å². The van der Waals surface area contributed by atoms with Crippen LogP contribution in [0.3, 0.4) is 0 Å².